The normalized spacial score (nSPS) is 19.8. The Morgan fingerprint density at radius 2 is 1.54 bits per heavy atom. The van der Waals surface area contributed by atoms with Crippen LogP contribution in [0.3, 0.4) is 0 Å². The van der Waals surface area contributed by atoms with Crippen LogP contribution in [0.5, 0.6) is 11.5 Å². The van der Waals surface area contributed by atoms with Gasteiger partial charge in [-0.3, -0.25) is 19.3 Å². The van der Waals surface area contributed by atoms with Gasteiger partial charge in [-0.15, -0.1) is 0 Å². The highest BCUT2D eigenvalue weighted by atomic mass is 19.1. The SMILES string of the molecule is COc1cc([C@@H]2[C@H]3C(=O)N(Cc4ccccc4)C(=O)[C@@H]3ON2c2ccccc2)ccc1OC(=O)c1ccc(F)cc1. The maximum atomic E-state index is 13.8. The average Bonchev–Trinajstić information content (AvgIpc) is 3.50. The Morgan fingerprint density at radius 3 is 2.22 bits per heavy atom. The number of likely N-dealkylation sites (tertiary alicyclic amines) is 1. The number of ether oxygens (including phenoxy) is 2. The fourth-order valence-corrected chi connectivity index (χ4v) is 5.23. The average molecular weight is 553 g/mol. The van der Waals surface area contributed by atoms with Gasteiger partial charge in [0.2, 0.25) is 5.91 Å². The molecule has 2 amide bonds. The molecule has 2 heterocycles. The number of para-hydroxylation sites is 1. The minimum absolute atomic E-state index is 0.145. The molecule has 0 aromatic heterocycles. The first-order chi connectivity index (χ1) is 19.9. The van der Waals surface area contributed by atoms with Crippen molar-refractivity contribution in [3.8, 4) is 11.5 Å². The fourth-order valence-electron chi connectivity index (χ4n) is 5.23. The van der Waals surface area contributed by atoms with Crippen molar-refractivity contribution >= 4 is 23.5 Å². The van der Waals surface area contributed by atoms with Crippen LogP contribution in [-0.4, -0.2) is 35.9 Å². The highest BCUT2D eigenvalue weighted by molar-refractivity contribution is 6.07. The number of imide groups is 1. The topological polar surface area (TPSA) is 85.4 Å². The van der Waals surface area contributed by atoms with Crippen molar-refractivity contribution in [2.45, 2.75) is 18.7 Å². The third-order valence-electron chi connectivity index (χ3n) is 7.21. The van der Waals surface area contributed by atoms with E-state index >= 15 is 0 Å². The molecule has 4 aromatic carbocycles. The van der Waals surface area contributed by atoms with Gasteiger partial charge < -0.3 is 9.47 Å². The number of esters is 1. The summed E-state index contributed by atoms with van der Waals surface area (Å²) >= 11 is 0. The molecule has 4 aromatic rings. The summed E-state index contributed by atoms with van der Waals surface area (Å²) in [5.74, 6) is -2.31. The van der Waals surface area contributed by atoms with Crippen LogP contribution in [0.4, 0.5) is 10.1 Å². The minimum atomic E-state index is -1.00. The van der Waals surface area contributed by atoms with E-state index < -0.39 is 35.8 Å². The highest BCUT2D eigenvalue weighted by Gasteiger charge is 2.59. The number of amides is 2. The molecule has 2 aliphatic heterocycles. The molecule has 8 nitrogen and oxygen atoms in total. The van der Waals surface area contributed by atoms with Gasteiger partial charge in [0.1, 0.15) is 11.7 Å². The molecule has 3 atom stereocenters. The monoisotopic (exact) mass is 552 g/mol. The number of fused-ring (bicyclic) bond motifs is 1. The molecule has 0 aliphatic carbocycles. The molecule has 206 valence electrons. The summed E-state index contributed by atoms with van der Waals surface area (Å²) in [5.41, 5.74) is 2.31. The first-order valence-corrected chi connectivity index (χ1v) is 13.0. The minimum Gasteiger partial charge on any atom is -0.493 e. The van der Waals surface area contributed by atoms with Crippen LogP contribution in [0.1, 0.15) is 27.5 Å². The van der Waals surface area contributed by atoms with Crippen LogP contribution in [-0.2, 0) is 21.0 Å². The van der Waals surface area contributed by atoms with Crippen LogP contribution in [0.15, 0.2) is 103 Å². The van der Waals surface area contributed by atoms with E-state index in [0.29, 0.717) is 11.3 Å². The molecule has 0 saturated carbocycles. The number of rotatable bonds is 7. The lowest BCUT2D eigenvalue weighted by molar-refractivity contribution is -0.143. The van der Waals surface area contributed by atoms with Crippen LogP contribution in [0, 0.1) is 11.7 Å². The van der Waals surface area contributed by atoms with Gasteiger partial charge in [0.05, 0.1) is 30.9 Å². The third-order valence-corrected chi connectivity index (χ3v) is 7.21. The zero-order chi connectivity index (χ0) is 28.5. The molecule has 0 unspecified atom stereocenters. The van der Waals surface area contributed by atoms with Crippen LogP contribution in [0.25, 0.3) is 0 Å². The molecule has 2 aliphatic rings. The van der Waals surface area contributed by atoms with Gasteiger partial charge in [0, 0.05) is 0 Å². The van der Waals surface area contributed by atoms with E-state index in [1.165, 1.54) is 36.3 Å². The molecule has 9 heteroatoms. The molecule has 41 heavy (non-hydrogen) atoms. The van der Waals surface area contributed by atoms with Crippen LogP contribution in [0.2, 0.25) is 0 Å². The first kappa shape index (κ1) is 26.2. The fraction of sp³-hybridized carbons (Fsp3) is 0.156. The molecule has 2 saturated heterocycles. The maximum Gasteiger partial charge on any atom is 0.343 e. The Bertz CT molecular complexity index is 1600. The van der Waals surface area contributed by atoms with Crippen molar-refractivity contribution in [2.24, 2.45) is 5.92 Å². The van der Waals surface area contributed by atoms with Gasteiger partial charge in [-0.05, 0) is 59.7 Å². The van der Waals surface area contributed by atoms with E-state index in [4.69, 9.17) is 14.3 Å². The van der Waals surface area contributed by atoms with Crippen molar-refractivity contribution in [3.63, 3.8) is 0 Å². The molecule has 6 rings (SSSR count). The number of halogens is 1. The maximum absolute atomic E-state index is 13.8. The number of carbonyl (C=O) groups excluding carboxylic acids is 3. The second-order valence-corrected chi connectivity index (χ2v) is 9.71. The van der Waals surface area contributed by atoms with E-state index in [9.17, 15) is 18.8 Å². The summed E-state index contributed by atoms with van der Waals surface area (Å²) in [5, 5.41) is 1.59. The summed E-state index contributed by atoms with van der Waals surface area (Å²) < 4.78 is 24.4. The van der Waals surface area contributed by atoms with Crippen LogP contribution >= 0.6 is 0 Å². The molecule has 0 N–H and O–H groups in total. The number of carbonyl (C=O) groups is 3. The Morgan fingerprint density at radius 1 is 0.854 bits per heavy atom. The van der Waals surface area contributed by atoms with E-state index in [1.54, 1.807) is 23.3 Å². The quantitative estimate of drug-likeness (QED) is 0.179. The summed E-state index contributed by atoms with van der Waals surface area (Å²) in [6.45, 7) is 0.147. The lowest BCUT2D eigenvalue weighted by Crippen LogP contribution is -2.36. The van der Waals surface area contributed by atoms with E-state index in [0.717, 1.165) is 5.56 Å². The van der Waals surface area contributed by atoms with Crippen LogP contribution < -0.4 is 14.5 Å². The van der Waals surface area contributed by atoms with Crippen molar-refractivity contribution in [1.29, 1.82) is 0 Å². The van der Waals surface area contributed by atoms with Crippen molar-refractivity contribution in [1.82, 2.24) is 4.90 Å². The predicted octanol–water partition coefficient (Wildman–Crippen LogP) is 5.10. The summed E-state index contributed by atoms with van der Waals surface area (Å²) in [6, 6.07) is 27.8. The summed E-state index contributed by atoms with van der Waals surface area (Å²) in [7, 11) is 1.43. The van der Waals surface area contributed by atoms with E-state index in [-0.39, 0.29) is 29.5 Å². The van der Waals surface area contributed by atoms with Gasteiger partial charge in [0.15, 0.2) is 17.6 Å². The van der Waals surface area contributed by atoms with Gasteiger partial charge in [-0.2, -0.15) is 0 Å². The second kappa shape index (κ2) is 10.9. The number of anilines is 1. The van der Waals surface area contributed by atoms with Crippen molar-refractivity contribution in [2.75, 3.05) is 12.2 Å². The zero-order valence-corrected chi connectivity index (χ0v) is 22.0. The number of nitrogens with zero attached hydrogens (tertiary/aromatic N) is 2. The Kier molecular flexibility index (Phi) is 6.94. The van der Waals surface area contributed by atoms with Gasteiger partial charge in [-0.25, -0.2) is 14.2 Å². The lowest BCUT2D eigenvalue weighted by Gasteiger charge is -2.29. The lowest BCUT2D eigenvalue weighted by atomic mass is 9.90. The third kappa shape index (κ3) is 4.92. The highest BCUT2D eigenvalue weighted by Crippen LogP contribution is 2.48. The standard InChI is InChI=1S/C32H25FN2O6/c1-39-26-18-22(14-17-25(26)40-32(38)21-12-15-23(33)16-13-21)28-27-29(41-35(28)24-10-6-3-7-11-24)31(37)34(30(27)36)19-20-8-4-2-5-9-20/h2-18,27-29H,19H2,1H3/t27-,28-,29-/m1/s1. The molecular weight excluding hydrogens is 527 g/mol. The van der Waals surface area contributed by atoms with E-state index in [2.05, 4.69) is 0 Å². The Balaban J connectivity index is 1.34. The summed E-state index contributed by atoms with van der Waals surface area (Å²) in [4.78, 5) is 47.3. The van der Waals surface area contributed by atoms with Gasteiger partial charge >= 0.3 is 5.97 Å². The number of hydrogen-bond acceptors (Lipinski definition) is 7. The predicted molar refractivity (Wildman–Crippen MR) is 146 cm³/mol. The van der Waals surface area contributed by atoms with Gasteiger partial charge in [-0.1, -0.05) is 54.6 Å². The van der Waals surface area contributed by atoms with E-state index in [1.807, 2.05) is 60.7 Å². The second-order valence-electron chi connectivity index (χ2n) is 9.71. The smallest absolute Gasteiger partial charge is 0.343 e. The van der Waals surface area contributed by atoms with Crippen molar-refractivity contribution in [3.05, 3.63) is 126 Å². The number of methoxy groups -OCH3 is 1. The Hall–Kier alpha value is -5.02. The molecule has 2 fully saturated rings. The van der Waals surface area contributed by atoms with Crippen molar-refractivity contribution < 1.29 is 33.1 Å². The number of hydrogen-bond donors (Lipinski definition) is 0. The van der Waals surface area contributed by atoms with Gasteiger partial charge in [0.25, 0.3) is 5.91 Å². The number of hydroxylamine groups is 1. The largest absolute Gasteiger partial charge is 0.493 e. The number of benzene rings is 4. The molecule has 0 bridgehead atoms. The summed E-state index contributed by atoms with van der Waals surface area (Å²) in [6.07, 6.45) is -1.00. The Labute approximate surface area is 235 Å². The molecule has 0 radical (unpaired) electrons. The first-order valence-electron chi connectivity index (χ1n) is 13.0. The zero-order valence-electron chi connectivity index (χ0n) is 22.0. The molecular formula is C32H25FN2O6. The molecule has 0 spiro atoms.